The summed E-state index contributed by atoms with van der Waals surface area (Å²) in [5.41, 5.74) is 1.09. The minimum Gasteiger partial charge on any atom is -0.300 e. The normalized spacial score (nSPS) is 26.9. The topological polar surface area (TPSA) is 30.0 Å². The van der Waals surface area contributed by atoms with Crippen LogP contribution in [0.25, 0.3) is 0 Å². The van der Waals surface area contributed by atoms with E-state index in [1.165, 1.54) is 5.01 Å². The number of nitrogens with zero attached hydrogens (tertiary/aromatic N) is 1. The molecule has 1 aromatic heterocycles. The Bertz CT molecular complexity index is 358. The van der Waals surface area contributed by atoms with E-state index in [0.717, 1.165) is 25.0 Å². The highest BCUT2D eigenvalue weighted by Gasteiger charge is 2.30. The maximum absolute atomic E-state index is 11.5. The number of aromatic nitrogens is 1. The first-order valence-corrected chi connectivity index (χ1v) is 6.52. The smallest absolute Gasteiger partial charge is 0.133 e. The highest BCUT2D eigenvalue weighted by molar-refractivity contribution is 7.09. The SMILES string of the molecule is CCC1CCC(=O)CC1c1nc(C)cs1. The molecule has 1 fully saturated rings. The molecule has 1 saturated carbocycles. The van der Waals surface area contributed by atoms with Crippen molar-refractivity contribution < 1.29 is 4.79 Å². The Balaban J connectivity index is 2.20. The summed E-state index contributed by atoms with van der Waals surface area (Å²) in [6.45, 7) is 4.24. The fourth-order valence-corrected chi connectivity index (χ4v) is 3.37. The minimum absolute atomic E-state index is 0.398. The zero-order valence-electron chi connectivity index (χ0n) is 9.32. The van der Waals surface area contributed by atoms with E-state index in [2.05, 4.69) is 17.3 Å². The Morgan fingerprint density at radius 2 is 2.40 bits per heavy atom. The number of hydrogen-bond donors (Lipinski definition) is 0. The largest absolute Gasteiger partial charge is 0.300 e. The molecular weight excluding hydrogens is 206 g/mol. The second-order valence-corrected chi connectivity index (χ2v) is 5.27. The number of thiazole rings is 1. The van der Waals surface area contributed by atoms with Gasteiger partial charge in [0.15, 0.2) is 0 Å². The molecule has 0 radical (unpaired) electrons. The number of ketones is 1. The first kappa shape index (κ1) is 10.8. The van der Waals surface area contributed by atoms with Gasteiger partial charge in [-0.05, 0) is 19.3 Å². The van der Waals surface area contributed by atoms with E-state index in [1.54, 1.807) is 11.3 Å². The molecule has 0 amide bonds. The molecule has 0 aromatic carbocycles. The summed E-state index contributed by atoms with van der Waals surface area (Å²) >= 11 is 1.71. The Morgan fingerprint density at radius 3 is 3.00 bits per heavy atom. The van der Waals surface area contributed by atoms with E-state index in [1.807, 2.05) is 6.92 Å². The molecule has 1 aromatic rings. The molecule has 82 valence electrons. The van der Waals surface area contributed by atoms with Gasteiger partial charge in [-0.1, -0.05) is 13.3 Å². The van der Waals surface area contributed by atoms with Gasteiger partial charge in [0.05, 0.1) is 5.01 Å². The second kappa shape index (κ2) is 4.44. The summed E-state index contributed by atoms with van der Waals surface area (Å²) < 4.78 is 0. The van der Waals surface area contributed by atoms with Crippen LogP contribution in [0.2, 0.25) is 0 Å². The van der Waals surface area contributed by atoms with Crippen molar-refractivity contribution in [2.24, 2.45) is 5.92 Å². The average Bonchev–Trinajstić information content (AvgIpc) is 2.65. The zero-order chi connectivity index (χ0) is 10.8. The number of hydrogen-bond acceptors (Lipinski definition) is 3. The quantitative estimate of drug-likeness (QED) is 0.770. The maximum Gasteiger partial charge on any atom is 0.133 e. The monoisotopic (exact) mass is 223 g/mol. The lowest BCUT2D eigenvalue weighted by Gasteiger charge is -2.28. The molecule has 0 spiro atoms. The van der Waals surface area contributed by atoms with E-state index < -0.39 is 0 Å². The molecule has 1 aliphatic carbocycles. The van der Waals surface area contributed by atoms with E-state index in [-0.39, 0.29) is 0 Å². The van der Waals surface area contributed by atoms with Gasteiger partial charge in [0.25, 0.3) is 0 Å². The predicted octanol–water partition coefficient (Wildman–Crippen LogP) is 3.31. The summed E-state index contributed by atoms with van der Waals surface area (Å²) in [5, 5.41) is 3.26. The lowest BCUT2D eigenvalue weighted by Crippen LogP contribution is -2.22. The zero-order valence-corrected chi connectivity index (χ0v) is 10.1. The molecule has 1 aliphatic rings. The second-order valence-electron chi connectivity index (χ2n) is 4.38. The summed E-state index contributed by atoms with van der Waals surface area (Å²) in [7, 11) is 0. The summed E-state index contributed by atoms with van der Waals surface area (Å²) in [5.74, 6) is 1.47. The van der Waals surface area contributed by atoms with Gasteiger partial charge in [-0.3, -0.25) is 4.79 Å². The van der Waals surface area contributed by atoms with Gasteiger partial charge in [-0.2, -0.15) is 0 Å². The van der Waals surface area contributed by atoms with E-state index >= 15 is 0 Å². The van der Waals surface area contributed by atoms with Gasteiger partial charge in [0, 0.05) is 29.8 Å². The summed E-state index contributed by atoms with van der Waals surface area (Å²) in [6, 6.07) is 0. The molecule has 3 heteroatoms. The number of Topliss-reactive ketones (excluding diaryl/α,β-unsaturated/α-hetero) is 1. The number of carbonyl (C=O) groups excluding carboxylic acids is 1. The van der Waals surface area contributed by atoms with Crippen molar-refractivity contribution in [3.63, 3.8) is 0 Å². The van der Waals surface area contributed by atoms with Crippen LogP contribution in [-0.2, 0) is 4.79 Å². The van der Waals surface area contributed by atoms with Crippen LogP contribution in [0.4, 0.5) is 0 Å². The van der Waals surface area contributed by atoms with Gasteiger partial charge in [0.1, 0.15) is 5.78 Å². The van der Waals surface area contributed by atoms with Gasteiger partial charge in [-0.15, -0.1) is 11.3 Å². The Hall–Kier alpha value is -0.700. The highest BCUT2D eigenvalue weighted by atomic mass is 32.1. The van der Waals surface area contributed by atoms with Crippen LogP contribution in [0.3, 0.4) is 0 Å². The van der Waals surface area contributed by atoms with Gasteiger partial charge >= 0.3 is 0 Å². The molecule has 1 heterocycles. The molecule has 0 aliphatic heterocycles. The molecule has 0 N–H and O–H groups in total. The fraction of sp³-hybridized carbons (Fsp3) is 0.667. The van der Waals surface area contributed by atoms with Crippen molar-refractivity contribution in [3.05, 3.63) is 16.1 Å². The molecule has 2 atom stereocenters. The third-order valence-corrected chi connectivity index (χ3v) is 4.38. The van der Waals surface area contributed by atoms with Crippen molar-refractivity contribution in [2.75, 3.05) is 0 Å². The van der Waals surface area contributed by atoms with Crippen LogP contribution in [0.15, 0.2) is 5.38 Å². The van der Waals surface area contributed by atoms with Gasteiger partial charge in [-0.25, -0.2) is 4.98 Å². The minimum atomic E-state index is 0.398. The van der Waals surface area contributed by atoms with E-state index in [4.69, 9.17) is 0 Å². The molecular formula is C12H17NOS. The number of rotatable bonds is 2. The van der Waals surface area contributed by atoms with Crippen molar-refractivity contribution in [2.45, 2.75) is 45.4 Å². The highest BCUT2D eigenvalue weighted by Crippen LogP contribution is 2.39. The molecule has 2 unspecified atom stereocenters. The van der Waals surface area contributed by atoms with E-state index in [0.29, 0.717) is 24.0 Å². The Kier molecular flexibility index (Phi) is 3.19. The lowest BCUT2D eigenvalue weighted by atomic mass is 9.77. The van der Waals surface area contributed by atoms with Crippen LogP contribution in [0, 0.1) is 12.8 Å². The molecule has 0 bridgehead atoms. The number of carbonyl (C=O) groups is 1. The van der Waals surface area contributed by atoms with E-state index in [9.17, 15) is 4.79 Å². The van der Waals surface area contributed by atoms with Crippen molar-refractivity contribution in [3.8, 4) is 0 Å². The van der Waals surface area contributed by atoms with Gasteiger partial charge < -0.3 is 0 Å². The third-order valence-electron chi connectivity index (χ3n) is 3.29. The average molecular weight is 223 g/mol. The van der Waals surface area contributed by atoms with Crippen molar-refractivity contribution >= 4 is 17.1 Å². The third kappa shape index (κ3) is 2.28. The molecule has 2 nitrogen and oxygen atoms in total. The summed E-state index contributed by atoms with van der Waals surface area (Å²) in [6.07, 6.45) is 3.71. The molecule has 15 heavy (non-hydrogen) atoms. The predicted molar refractivity (Wildman–Crippen MR) is 62.2 cm³/mol. The number of aryl methyl sites for hydroxylation is 1. The van der Waals surface area contributed by atoms with Crippen LogP contribution in [0.5, 0.6) is 0 Å². The first-order chi connectivity index (χ1) is 7.20. The van der Waals surface area contributed by atoms with Crippen LogP contribution < -0.4 is 0 Å². The Morgan fingerprint density at radius 1 is 1.60 bits per heavy atom. The lowest BCUT2D eigenvalue weighted by molar-refractivity contribution is -0.121. The maximum atomic E-state index is 11.5. The standard InChI is InChI=1S/C12H17NOS/c1-3-9-4-5-10(14)6-11(9)12-13-8(2)7-15-12/h7,9,11H,3-6H2,1-2H3. The van der Waals surface area contributed by atoms with Crippen LogP contribution >= 0.6 is 11.3 Å². The van der Waals surface area contributed by atoms with Crippen molar-refractivity contribution in [1.29, 1.82) is 0 Å². The molecule has 0 saturated heterocycles. The Labute approximate surface area is 94.7 Å². The first-order valence-electron chi connectivity index (χ1n) is 5.64. The molecule has 2 rings (SSSR count). The fourth-order valence-electron chi connectivity index (χ4n) is 2.38. The van der Waals surface area contributed by atoms with Crippen LogP contribution in [0.1, 0.15) is 49.2 Å². The summed E-state index contributed by atoms with van der Waals surface area (Å²) in [4.78, 5) is 16.0. The van der Waals surface area contributed by atoms with Gasteiger partial charge in [0.2, 0.25) is 0 Å². The van der Waals surface area contributed by atoms with Crippen molar-refractivity contribution in [1.82, 2.24) is 4.98 Å². The van der Waals surface area contributed by atoms with Crippen LogP contribution in [-0.4, -0.2) is 10.8 Å².